The molecule has 1 fully saturated rings. The third kappa shape index (κ3) is 4.77. The van der Waals surface area contributed by atoms with Crippen molar-refractivity contribution in [1.82, 2.24) is 9.62 Å². The van der Waals surface area contributed by atoms with Crippen molar-refractivity contribution in [2.45, 2.75) is 38.3 Å². The monoisotopic (exact) mass is 280 g/mol. The summed E-state index contributed by atoms with van der Waals surface area (Å²) in [5.74, 6) is 1.08. The second-order valence-corrected chi connectivity index (χ2v) is 7.73. The topological polar surface area (TPSA) is 49.4 Å². The third-order valence-corrected chi connectivity index (χ3v) is 6.17. The highest BCUT2D eigenvalue weighted by molar-refractivity contribution is 7.98. The molecule has 0 aromatic heterocycles. The van der Waals surface area contributed by atoms with Crippen LogP contribution in [-0.2, 0) is 10.0 Å². The van der Waals surface area contributed by atoms with E-state index in [0.717, 1.165) is 31.6 Å². The maximum atomic E-state index is 12.2. The SMILES string of the molecule is CSCC(C)N(C)S(=O)(=O)CC1CCCCN1. The molecule has 1 aliphatic heterocycles. The van der Waals surface area contributed by atoms with Crippen LogP contribution in [-0.4, -0.2) is 56.2 Å². The van der Waals surface area contributed by atoms with Gasteiger partial charge in [0.05, 0.1) is 5.75 Å². The molecule has 0 aromatic rings. The maximum Gasteiger partial charge on any atom is 0.215 e. The van der Waals surface area contributed by atoms with E-state index in [9.17, 15) is 8.42 Å². The van der Waals surface area contributed by atoms with Crippen LogP contribution in [0, 0.1) is 0 Å². The highest BCUT2D eigenvalue weighted by atomic mass is 32.2. The standard InChI is InChI=1S/C11H24N2O2S2/c1-10(8-16-3)13(2)17(14,15)9-11-6-4-5-7-12-11/h10-12H,4-9H2,1-3H3. The van der Waals surface area contributed by atoms with E-state index in [-0.39, 0.29) is 17.8 Å². The van der Waals surface area contributed by atoms with Crippen molar-refractivity contribution in [3.63, 3.8) is 0 Å². The summed E-state index contributed by atoms with van der Waals surface area (Å²) in [4.78, 5) is 0. The molecule has 17 heavy (non-hydrogen) atoms. The summed E-state index contributed by atoms with van der Waals surface area (Å²) < 4.78 is 25.9. The number of nitrogens with one attached hydrogen (secondary N) is 1. The van der Waals surface area contributed by atoms with Crippen molar-refractivity contribution in [2.75, 3.05) is 31.4 Å². The van der Waals surface area contributed by atoms with Crippen LogP contribution in [0.2, 0.25) is 0 Å². The van der Waals surface area contributed by atoms with Gasteiger partial charge in [-0.25, -0.2) is 12.7 Å². The first-order valence-electron chi connectivity index (χ1n) is 6.15. The minimum atomic E-state index is -3.12. The molecule has 0 aliphatic carbocycles. The molecular formula is C11H24N2O2S2. The molecule has 2 unspecified atom stereocenters. The van der Waals surface area contributed by atoms with Gasteiger partial charge in [0.1, 0.15) is 0 Å². The lowest BCUT2D eigenvalue weighted by atomic mass is 10.1. The highest BCUT2D eigenvalue weighted by Crippen LogP contribution is 2.14. The molecular weight excluding hydrogens is 256 g/mol. The van der Waals surface area contributed by atoms with Gasteiger partial charge >= 0.3 is 0 Å². The van der Waals surface area contributed by atoms with Crippen LogP contribution >= 0.6 is 11.8 Å². The zero-order valence-electron chi connectivity index (χ0n) is 11.0. The Morgan fingerprint density at radius 2 is 2.18 bits per heavy atom. The summed E-state index contributed by atoms with van der Waals surface area (Å²) >= 11 is 1.68. The van der Waals surface area contributed by atoms with Gasteiger partial charge in [-0.3, -0.25) is 0 Å². The normalized spacial score (nSPS) is 23.9. The molecule has 0 radical (unpaired) electrons. The Morgan fingerprint density at radius 3 is 2.71 bits per heavy atom. The quantitative estimate of drug-likeness (QED) is 0.793. The molecule has 6 heteroatoms. The van der Waals surface area contributed by atoms with E-state index < -0.39 is 10.0 Å². The second-order valence-electron chi connectivity index (χ2n) is 4.75. The number of rotatable bonds is 6. The number of hydrogen-bond donors (Lipinski definition) is 1. The van der Waals surface area contributed by atoms with E-state index in [1.54, 1.807) is 18.8 Å². The first-order chi connectivity index (χ1) is 7.97. The van der Waals surface area contributed by atoms with Crippen LogP contribution in [0.1, 0.15) is 26.2 Å². The molecule has 0 bridgehead atoms. The van der Waals surface area contributed by atoms with Crippen LogP contribution in [0.15, 0.2) is 0 Å². The molecule has 1 heterocycles. The summed E-state index contributed by atoms with van der Waals surface area (Å²) in [5.41, 5.74) is 0. The van der Waals surface area contributed by atoms with E-state index in [2.05, 4.69) is 5.32 Å². The largest absolute Gasteiger partial charge is 0.313 e. The first-order valence-corrected chi connectivity index (χ1v) is 9.15. The van der Waals surface area contributed by atoms with E-state index in [1.807, 2.05) is 13.2 Å². The molecule has 2 atom stereocenters. The average Bonchev–Trinajstić information content (AvgIpc) is 2.29. The zero-order valence-corrected chi connectivity index (χ0v) is 12.6. The summed E-state index contributed by atoms with van der Waals surface area (Å²) in [5, 5.41) is 3.29. The second kappa shape index (κ2) is 6.97. The van der Waals surface area contributed by atoms with Crippen LogP contribution in [0.3, 0.4) is 0 Å². The Kier molecular flexibility index (Phi) is 6.26. The fourth-order valence-corrected chi connectivity index (χ4v) is 4.51. The van der Waals surface area contributed by atoms with Crippen molar-refractivity contribution >= 4 is 21.8 Å². The Labute approximate surface area is 110 Å². The van der Waals surface area contributed by atoms with Gasteiger partial charge in [-0.05, 0) is 32.6 Å². The van der Waals surface area contributed by atoms with Gasteiger partial charge in [-0.1, -0.05) is 6.42 Å². The summed E-state index contributed by atoms with van der Waals surface area (Å²) in [7, 11) is -1.43. The molecule has 4 nitrogen and oxygen atoms in total. The number of nitrogens with zero attached hydrogens (tertiary/aromatic N) is 1. The molecule has 102 valence electrons. The van der Waals surface area contributed by atoms with Gasteiger partial charge in [0.25, 0.3) is 0 Å². The number of hydrogen-bond acceptors (Lipinski definition) is 4. The van der Waals surface area contributed by atoms with Crippen molar-refractivity contribution in [1.29, 1.82) is 0 Å². The first kappa shape index (κ1) is 15.3. The molecule has 0 amide bonds. The van der Waals surface area contributed by atoms with Crippen molar-refractivity contribution in [3.8, 4) is 0 Å². The van der Waals surface area contributed by atoms with E-state index in [4.69, 9.17) is 0 Å². The van der Waals surface area contributed by atoms with E-state index >= 15 is 0 Å². The maximum absolute atomic E-state index is 12.2. The lowest BCUT2D eigenvalue weighted by Crippen LogP contribution is -2.45. The fourth-order valence-electron chi connectivity index (χ4n) is 2.06. The Morgan fingerprint density at radius 1 is 1.47 bits per heavy atom. The molecule has 0 aromatic carbocycles. The minimum Gasteiger partial charge on any atom is -0.313 e. The predicted molar refractivity (Wildman–Crippen MR) is 75.0 cm³/mol. The Bertz CT molecular complexity index is 313. The van der Waals surface area contributed by atoms with E-state index in [1.165, 1.54) is 4.31 Å². The molecule has 1 aliphatic rings. The number of thioether (sulfide) groups is 1. The van der Waals surface area contributed by atoms with Gasteiger partial charge in [-0.15, -0.1) is 0 Å². The third-order valence-electron chi connectivity index (χ3n) is 3.29. The summed E-state index contributed by atoms with van der Waals surface area (Å²) in [6, 6.07) is 0.205. The highest BCUT2D eigenvalue weighted by Gasteiger charge is 2.27. The van der Waals surface area contributed by atoms with Crippen LogP contribution in [0.4, 0.5) is 0 Å². The van der Waals surface area contributed by atoms with Crippen LogP contribution in [0.5, 0.6) is 0 Å². The van der Waals surface area contributed by atoms with Crippen molar-refractivity contribution in [3.05, 3.63) is 0 Å². The van der Waals surface area contributed by atoms with E-state index in [0.29, 0.717) is 0 Å². The van der Waals surface area contributed by atoms with Gasteiger partial charge in [0.15, 0.2) is 0 Å². The van der Waals surface area contributed by atoms with Crippen LogP contribution < -0.4 is 5.32 Å². The van der Waals surface area contributed by atoms with Crippen LogP contribution in [0.25, 0.3) is 0 Å². The number of piperidine rings is 1. The number of sulfonamides is 1. The lowest BCUT2D eigenvalue weighted by Gasteiger charge is -2.28. The summed E-state index contributed by atoms with van der Waals surface area (Å²) in [6.45, 7) is 2.91. The van der Waals surface area contributed by atoms with Gasteiger partial charge in [0, 0.05) is 24.9 Å². The van der Waals surface area contributed by atoms with Crippen molar-refractivity contribution in [2.24, 2.45) is 0 Å². The predicted octanol–water partition coefficient (Wildman–Crippen LogP) is 1.14. The molecule has 1 rings (SSSR count). The minimum absolute atomic E-state index is 0.0681. The van der Waals surface area contributed by atoms with Gasteiger partial charge in [0.2, 0.25) is 10.0 Å². The zero-order chi connectivity index (χ0) is 12.9. The smallest absolute Gasteiger partial charge is 0.215 e. The van der Waals surface area contributed by atoms with Crippen molar-refractivity contribution < 1.29 is 8.42 Å². The average molecular weight is 280 g/mol. The molecule has 0 saturated carbocycles. The lowest BCUT2D eigenvalue weighted by molar-refractivity contribution is 0.390. The molecule has 1 N–H and O–H groups in total. The Balaban J connectivity index is 2.54. The Hall–Kier alpha value is 0.220. The molecule has 1 saturated heterocycles. The van der Waals surface area contributed by atoms with Gasteiger partial charge in [-0.2, -0.15) is 11.8 Å². The van der Waals surface area contributed by atoms with Gasteiger partial charge < -0.3 is 5.32 Å². The summed E-state index contributed by atoms with van der Waals surface area (Å²) in [6.07, 6.45) is 5.27. The molecule has 0 spiro atoms. The fraction of sp³-hybridized carbons (Fsp3) is 1.00.